The second-order valence-electron chi connectivity index (χ2n) is 9.18. The first-order valence-electron chi connectivity index (χ1n) is 11.9. The molecule has 0 aromatic carbocycles. The molecule has 2 unspecified atom stereocenters. The van der Waals surface area contributed by atoms with Crippen LogP contribution in [0.15, 0.2) is 48.8 Å². The van der Waals surface area contributed by atoms with E-state index in [1.807, 2.05) is 0 Å². The summed E-state index contributed by atoms with van der Waals surface area (Å²) in [5.74, 6) is -2.86. The van der Waals surface area contributed by atoms with E-state index in [0.29, 0.717) is 11.4 Å². The molecule has 11 heteroatoms. The first-order valence-corrected chi connectivity index (χ1v) is 11.9. The second-order valence-corrected chi connectivity index (χ2v) is 9.18. The molecule has 2 aliphatic heterocycles. The molecule has 2 aromatic heterocycles. The largest absolute Gasteiger partial charge is 0.468 e. The molecule has 2 aromatic rings. The van der Waals surface area contributed by atoms with Gasteiger partial charge in [0.15, 0.2) is 16.6 Å². The fourth-order valence-corrected chi connectivity index (χ4v) is 5.97. The molecular weight excluding hydrogens is 480 g/mol. The van der Waals surface area contributed by atoms with Gasteiger partial charge in [-0.25, -0.2) is 0 Å². The van der Waals surface area contributed by atoms with Crippen LogP contribution >= 0.6 is 0 Å². The number of ketones is 1. The van der Waals surface area contributed by atoms with E-state index >= 15 is 0 Å². The maximum Gasteiger partial charge on any atom is 0.322 e. The van der Waals surface area contributed by atoms with E-state index in [0.717, 1.165) is 0 Å². The zero-order chi connectivity index (χ0) is 26.8. The highest BCUT2D eigenvalue weighted by atomic mass is 16.5. The summed E-state index contributed by atoms with van der Waals surface area (Å²) in [5.41, 5.74) is -2.94. The number of nitrogens with zero attached hydrogens (tertiary/aromatic N) is 4. The molecule has 2 fully saturated rings. The number of carbonyl (C=O) groups is 4. The lowest BCUT2D eigenvalue weighted by Crippen LogP contribution is -2.75. The van der Waals surface area contributed by atoms with Crippen LogP contribution in [-0.2, 0) is 33.4 Å². The van der Waals surface area contributed by atoms with Crippen LogP contribution in [0.4, 0.5) is 0 Å². The zero-order valence-corrected chi connectivity index (χ0v) is 21.2. The molecule has 0 spiro atoms. The van der Waals surface area contributed by atoms with Gasteiger partial charge in [-0.1, -0.05) is 12.1 Å². The van der Waals surface area contributed by atoms with Crippen LogP contribution in [0.2, 0.25) is 0 Å². The van der Waals surface area contributed by atoms with Crippen molar-refractivity contribution in [2.45, 2.75) is 19.0 Å². The van der Waals surface area contributed by atoms with Gasteiger partial charge < -0.3 is 14.2 Å². The Balaban J connectivity index is 2.03. The number of aromatic nitrogens is 2. The number of methoxy groups -OCH3 is 2. The van der Waals surface area contributed by atoms with E-state index in [1.165, 1.54) is 14.2 Å². The summed E-state index contributed by atoms with van der Waals surface area (Å²) < 4.78 is 15.6. The fourth-order valence-electron chi connectivity index (χ4n) is 5.97. The van der Waals surface area contributed by atoms with Crippen LogP contribution in [-0.4, -0.2) is 91.0 Å². The highest BCUT2D eigenvalue weighted by Gasteiger charge is 2.75. The number of rotatable bonds is 7. The molecule has 196 valence electrons. The molecule has 4 heterocycles. The third kappa shape index (κ3) is 4.08. The van der Waals surface area contributed by atoms with Gasteiger partial charge in [-0.3, -0.25) is 38.9 Å². The van der Waals surface area contributed by atoms with Crippen molar-refractivity contribution in [1.82, 2.24) is 19.8 Å². The van der Waals surface area contributed by atoms with Crippen LogP contribution in [0.3, 0.4) is 0 Å². The Morgan fingerprint density at radius 3 is 1.78 bits per heavy atom. The first kappa shape index (κ1) is 26.4. The maximum absolute atomic E-state index is 14.7. The Hall–Kier alpha value is -3.70. The van der Waals surface area contributed by atoms with Crippen molar-refractivity contribution in [2.75, 3.05) is 47.5 Å². The van der Waals surface area contributed by atoms with E-state index in [-0.39, 0.29) is 26.2 Å². The van der Waals surface area contributed by atoms with Gasteiger partial charge in [-0.15, -0.1) is 0 Å². The van der Waals surface area contributed by atoms with Crippen molar-refractivity contribution in [1.29, 1.82) is 0 Å². The minimum absolute atomic E-state index is 0.158. The fraction of sp³-hybridized carbons (Fsp3) is 0.462. The SMILES string of the molecule is CCOC(=O)CN1C[C@]2(C(=O)OC)C(=O)[C@](C(=O)OC)(C1)C(c1ccccn1)N(C)C2c1ccccn1. The monoisotopic (exact) mass is 510 g/mol. The number of ether oxygens (including phenoxy) is 3. The maximum atomic E-state index is 14.7. The number of pyridine rings is 2. The molecule has 11 nitrogen and oxygen atoms in total. The standard InChI is InChI=1S/C26H30N4O7/c1-5-37-19(31)14-30-15-25(23(33)35-3)20(17-10-6-8-12-27-17)29(2)21(18-11-7-9-13-28-18)26(16-30,22(25)32)24(34)36-4/h6-13,20-21H,5,14-16H2,1-4H3/t20?,21?,25-,26+. The topological polar surface area (TPSA) is 128 Å². The van der Waals surface area contributed by atoms with Crippen LogP contribution < -0.4 is 0 Å². The number of piperidine rings is 2. The van der Waals surface area contributed by atoms with Crippen molar-refractivity contribution in [3.05, 3.63) is 60.2 Å². The number of esters is 3. The third-order valence-corrected chi connectivity index (χ3v) is 7.20. The van der Waals surface area contributed by atoms with Crippen LogP contribution in [0.25, 0.3) is 0 Å². The summed E-state index contributed by atoms with van der Waals surface area (Å²) in [5, 5.41) is 0. The van der Waals surface area contributed by atoms with Crippen molar-refractivity contribution < 1.29 is 33.4 Å². The van der Waals surface area contributed by atoms with Crippen molar-refractivity contribution in [2.24, 2.45) is 10.8 Å². The minimum atomic E-state index is -1.90. The van der Waals surface area contributed by atoms with Gasteiger partial charge in [0.25, 0.3) is 0 Å². The number of hydrogen-bond donors (Lipinski definition) is 0. The van der Waals surface area contributed by atoms with E-state index in [9.17, 15) is 19.2 Å². The normalized spacial score (nSPS) is 27.8. The van der Waals surface area contributed by atoms with Crippen molar-refractivity contribution >= 4 is 23.7 Å². The first-order chi connectivity index (χ1) is 17.8. The summed E-state index contributed by atoms with van der Waals surface area (Å²) in [6, 6.07) is 8.50. The van der Waals surface area contributed by atoms with Gasteiger partial charge >= 0.3 is 17.9 Å². The van der Waals surface area contributed by atoms with Crippen LogP contribution in [0, 0.1) is 10.8 Å². The lowest BCUT2D eigenvalue weighted by Gasteiger charge is -2.60. The predicted octanol–water partition coefficient (Wildman–Crippen LogP) is 0.971. The molecule has 2 saturated heterocycles. The molecule has 4 rings (SSSR count). The molecule has 2 aliphatic rings. The average Bonchev–Trinajstić information content (AvgIpc) is 2.90. The smallest absolute Gasteiger partial charge is 0.322 e. The minimum Gasteiger partial charge on any atom is -0.468 e. The van der Waals surface area contributed by atoms with Crippen molar-refractivity contribution in [3.63, 3.8) is 0 Å². The molecule has 0 N–H and O–H groups in total. The highest BCUT2D eigenvalue weighted by molar-refractivity contribution is 6.17. The van der Waals surface area contributed by atoms with E-state index in [2.05, 4.69) is 9.97 Å². The second kappa shape index (κ2) is 10.3. The number of fused-ring (bicyclic) bond motifs is 2. The number of likely N-dealkylation sites (tertiary alicyclic amines) is 2. The Kier molecular flexibility index (Phi) is 7.37. The molecule has 0 radical (unpaired) electrons. The number of Topliss-reactive ketones (excluding diaryl/α,β-unsaturated/α-hetero) is 1. The lowest BCUT2D eigenvalue weighted by atomic mass is 9.54. The van der Waals surface area contributed by atoms with Gasteiger partial charge in [0.2, 0.25) is 0 Å². The average molecular weight is 511 g/mol. The molecular formula is C26H30N4O7. The quantitative estimate of drug-likeness (QED) is 0.300. The summed E-state index contributed by atoms with van der Waals surface area (Å²) in [4.78, 5) is 66.9. The zero-order valence-electron chi connectivity index (χ0n) is 21.2. The van der Waals surface area contributed by atoms with Gasteiger partial charge in [0.05, 0.1) is 50.8 Å². The number of hydrogen-bond acceptors (Lipinski definition) is 11. The Bertz CT molecular complexity index is 1100. The Morgan fingerprint density at radius 2 is 1.41 bits per heavy atom. The van der Waals surface area contributed by atoms with E-state index in [1.54, 1.807) is 72.6 Å². The molecule has 0 saturated carbocycles. The summed E-state index contributed by atoms with van der Waals surface area (Å²) in [6.45, 7) is 1.23. The van der Waals surface area contributed by atoms with Crippen LogP contribution in [0.1, 0.15) is 30.4 Å². The van der Waals surface area contributed by atoms with E-state index < -0.39 is 46.6 Å². The summed E-state index contributed by atoms with van der Waals surface area (Å²) in [7, 11) is 4.10. The molecule has 2 bridgehead atoms. The van der Waals surface area contributed by atoms with Gasteiger partial charge in [-0.2, -0.15) is 0 Å². The molecule has 0 aliphatic carbocycles. The lowest BCUT2D eigenvalue weighted by molar-refractivity contribution is -0.205. The van der Waals surface area contributed by atoms with Crippen molar-refractivity contribution in [3.8, 4) is 0 Å². The van der Waals surface area contributed by atoms with Crippen LogP contribution in [0.5, 0.6) is 0 Å². The molecule has 0 amide bonds. The van der Waals surface area contributed by atoms with E-state index in [4.69, 9.17) is 14.2 Å². The van der Waals surface area contributed by atoms with Gasteiger partial charge in [0, 0.05) is 25.5 Å². The Morgan fingerprint density at radius 1 is 0.919 bits per heavy atom. The Labute approximate surface area is 214 Å². The third-order valence-electron chi connectivity index (χ3n) is 7.20. The number of carbonyl (C=O) groups excluding carboxylic acids is 4. The molecule has 37 heavy (non-hydrogen) atoms. The van der Waals surface area contributed by atoms with Gasteiger partial charge in [0.1, 0.15) is 0 Å². The molecule has 4 atom stereocenters. The summed E-state index contributed by atoms with van der Waals surface area (Å²) in [6.07, 6.45) is 3.13. The summed E-state index contributed by atoms with van der Waals surface area (Å²) >= 11 is 0. The van der Waals surface area contributed by atoms with Gasteiger partial charge in [-0.05, 0) is 38.2 Å². The predicted molar refractivity (Wildman–Crippen MR) is 129 cm³/mol. The highest BCUT2D eigenvalue weighted by Crippen LogP contribution is 2.60.